The molecule has 0 bridgehead atoms. The lowest BCUT2D eigenvalue weighted by molar-refractivity contribution is 0.186. The van der Waals surface area contributed by atoms with E-state index < -0.39 is 0 Å². The van der Waals surface area contributed by atoms with Gasteiger partial charge in [0.1, 0.15) is 22.4 Å². The number of phenolic OH excluding ortho intramolecular Hbond substituents is 1. The summed E-state index contributed by atoms with van der Waals surface area (Å²) in [5.41, 5.74) is 20.7. The minimum absolute atomic E-state index is 0.0372. The molecule has 166 valence electrons. The van der Waals surface area contributed by atoms with E-state index >= 15 is 0 Å². The number of benzene rings is 1. The van der Waals surface area contributed by atoms with Gasteiger partial charge < -0.3 is 27.2 Å². The normalized spacial score (nSPS) is 19.3. The zero-order valence-electron chi connectivity index (χ0n) is 17.3. The maximum absolute atomic E-state index is 10.3. The van der Waals surface area contributed by atoms with Crippen molar-refractivity contribution < 1.29 is 5.11 Å². The van der Waals surface area contributed by atoms with E-state index in [4.69, 9.17) is 28.8 Å². The Morgan fingerprint density at radius 2 is 1.91 bits per heavy atom. The molecule has 10 heteroatoms. The average Bonchev–Trinajstić information content (AvgIpc) is 3.06. The van der Waals surface area contributed by atoms with Crippen LogP contribution in [0.5, 0.6) is 5.75 Å². The summed E-state index contributed by atoms with van der Waals surface area (Å²) in [6, 6.07) is 7.34. The zero-order chi connectivity index (χ0) is 22.5. The number of phenols is 1. The van der Waals surface area contributed by atoms with Crippen molar-refractivity contribution in [3.05, 3.63) is 52.8 Å². The van der Waals surface area contributed by atoms with Crippen LogP contribution in [0.3, 0.4) is 0 Å². The Morgan fingerprint density at radius 3 is 2.62 bits per heavy atom. The summed E-state index contributed by atoms with van der Waals surface area (Å²) in [5, 5.41) is 11.2. The van der Waals surface area contributed by atoms with Crippen molar-refractivity contribution in [3.8, 4) is 5.75 Å². The minimum Gasteiger partial charge on any atom is -0.508 e. The van der Waals surface area contributed by atoms with Crippen molar-refractivity contribution in [1.82, 2.24) is 15.0 Å². The molecule has 32 heavy (non-hydrogen) atoms. The Labute approximate surface area is 195 Å². The number of piperidine rings is 1. The molecule has 1 aliphatic carbocycles. The number of nitrogen functional groups attached to an aromatic ring is 2. The highest BCUT2D eigenvalue weighted by molar-refractivity contribution is 7.99. The number of nitrogens with zero attached hydrogens (tertiary/aromatic N) is 4. The number of anilines is 3. The molecular weight excluding hydrogens is 446 g/mol. The number of hydrogen-bond acceptors (Lipinski definition) is 9. The van der Waals surface area contributed by atoms with Gasteiger partial charge >= 0.3 is 0 Å². The zero-order valence-corrected chi connectivity index (χ0v) is 18.9. The smallest absolute Gasteiger partial charge is 0.158 e. The van der Waals surface area contributed by atoms with Gasteiger partial charge in [0.15, 0.2) is 5.82 Å². The van der Waals surface area contributed by atoms with Gasteiger partial charge in [0.2, 0.25) is 0 Å². The molecule has 8 nitrogen and oxygen atoms in total. The van der Waals surface area contributed by atoms with Gasteiger partial charge in [-0.1, -0.05) is 35.5 Å². The molecule has 2 aliphatic rings. The molecule has 1 aliphatic heterocycles. The third-order valence-electron chi connectivity index (χ3n) is 6.63. The summed E-state index contributed by atoms with van der Waals surface area (Å²) in [5.74, 6) is 1.70. The number of nitrogens with two attached hydrogens (primary N) is 3. The molecule has 0 unspecified atom stereocenters. The fourth-order valence-electron chi connectivity index (χ4n) is 4.77. The number of hydrogen-bond donors (Lipinski definition) is 4. The third kappa shape index (κ3) is 3.50. The van der Waals surface area contributed by atoms with Gasteiger partial charge in [0, 0.05) is 30.2 Å². The largest absolute Gasteiger partial charge is 0.508 e. The van der Waals surface area contributed by atoms with Crippen molar-refractivity contribution in [2.45, 2.75) is 35.2 Å². The van der Waals surface area contributed by atoms with Gasteiger partial charge in [0.25, 0.3) is 0 Å². The maximum Gasteiger partial charge on any atom is 0.158 e. The van der Waals surface area contributed by atoms with Gasteiger partial charge in [-0.3, -0.25) is 0 Å². The highest BCUT2D eigenvalue weighted by atomic mass is 35.5. The first-order valence-electron chi connectivity index (χ1n) is 10.4. The second kappa shape index (κ2) is 7.99. The van der Waals surface area contributed by atoms with Crippen LogP contribution < -0.4 is 22.1 Å². The number of fused-ring (bicyclic) bond motifs is 1. The van der Waals surface area contributed by atoms with Crippen LogP contribution >= 0.6 is 23.4 Å². The Kier molecular flexibility index (Phi) is 5.27. The highest BCUT2D eigenvalue weighted by Gasteiger charge is 2.47. The van der Waals surface area contributed by atoms with E-state index in [1.807, 2.05) is 12.1 Å². The summed E-state index contributed by atoms with van der Waals surface area (Å²) in [7, 11) is 0. The first-order chi connectivity index (χ1) is 15.4. The Balaban J connectivity index is 1.30. The number of halogens is 1. The fourth-order valence-corrected chi connectivity index (χ4v) is 5.79. The molecule has 7 N–H and O–H groups in total. The Morgan fingerprint density at radius 1 is 1.12 bits per heavy atom. The molecular formula is C22H24ClN7OS. The first kappa shape index (κ1) is 21.1. The lowest BCUT2D eigenvalue weighted by atomic mass is 9.73. The monoisotopic (exact) mass is 469 g/mol. The summed E-state index contributed by atoms with van der Waals surface area (Å²) in [6.07, 6.45) is 5.96. The number of rotatable bonds is 3. The van der Waals surface area contributed by atoms with Crippen molar-refractivity contribution in [2.24, 2.45) is 11.1 Å². The number of pyridine rings is 1. The van der Waals surface area contributed by atoms with Crippen LogP contribution in [0.25, 0.3) is 0 Å². The van der Waals surface area contributed by atoms with Gasteiger partial charge in [-0.25, -0.2) is 15.0 Å². The van der Waals surface area contributed by atoms with Crippen molar-refractivity contribution in [2.75, 3.05) is 29.5 Å². The quantitative estimate of drug-likeness (QED) is 0.454. The van der Waals surface area contributed by atoms with Crippen LogP contribution in [-0.2, 0) is 6.42 Å². The molecule has 0 radical (unpaired) electrons. The molecule has 1 spiro atoms. The molecule has 1 atom stereocenters. The Bertz CT molecular complexity index is 1180. The van der Waals surface area contributed by atoms with Crippen molar-refractivity contribution in [3.63, 3.8) is 0 Å². The number of aromatic hydroxyl groups is 1. The summed E-state index contributed by atoms with van der Waals surface area (Å²) >= 11 is 7.54. The van der Waals surface area contributed by atoms with Gasteiger partial charge in [-0.05, 0) is 47.9 Å². The summed E-state index contributed by atoms with van der Waals surface area (Å²) in [6.45, 7) is 1.60. The lowest BCUT2D eigenvalue weighted by Crippen LogP contribution is -2.44. The average molecular weight is 470 g/mol. The van der Waals surface area contributed by atoms with E-state index in [1.165, 1.54) is 11.8 Å². The third-order valence-corrected chi connectivity index (χ3v) is 8.21. The molecule has 0 saturated carbocycles. The van der Waals surface area contributed by atoms with Gasteiger partial charge in [-0.2, -0.15) is 0 Å². The first-order valence-corrected chi connectivity index (χ1v) is 11.6. The molecule has 5 rings (SSSR count). The van der Waals surface area contributed by atoms with Crippen LogP contribution in [-0.4, -0.2) is 33.1 Å². The predicted molar refractivity (Wildman–Crippen MR) is 127 cm³/mol. The standard InChI is InChI=1S/C22H24ClN7OS/c23-17-15(4-7-27-19(17)25)32-21-20(26)29-16(11-28-21)30-8-5-22(6-9-30)10-13-12(18(22)24)2-1-3-14(13)31/h1-4,7,11,18,31H,5-6,8-10,24H2,(H2,25,27)(H2,26,29)/t18-/m1/s1. The van der Waals surface area contributed by atoms with E-state index in [0.29, 0.717) is 21.6 Å². The van der Waals surface area contributed by atoms with E-state index in [9.17, 15) is 5.11 Å². The topological polar surface area (TPSA) is 140 Å². The lowest BCUT2D eigenvalue weighted by Gasteiger charge is -2.42. The summed E-state index contributed by atoms with van der Waals surface area (Å²) < 4.78 is 0. The number of aromatic nitrogens is 3. The second-order valence-corrected chi connectivity index (χ2v) is 9.79. The minimum atomic E-state index is -0.0702. The second-order valence-electron chi connectivity index (χ2n) is 8.38. The molecule has 1 saturated heterocycles. The van der Waals surface area contributed by atoms with E-state index in [1.54, 1.807) is 24.5 Å². The molecule has 1 aromatic carbocycles. The van der Waals surface area contributed by atoms with Crippen molar-refractivity contribution >= 4 is 40.8 Å². The molecule has 2 aromatic heterocycles. The van der Waals surface area contributed by atoms with Crippen LogP contribution in [0.2, 0.25) is 5.02 Å². The molecule has 0 amide bonds. The van der Waals surface area contributed by atoms with E-state index in [-0.39, 0.29) is 17.3 Å². The SMILES string of the molecule is Nc1nc(N2CCC3(CC2)Cc2c(O)cccc2[C@H]3N)cnc1Sc1ccnc(N)c1Cl. The van der Waals surface area contributed by atoms with Crippen molar-refractivity contribution in [1.29, 1.82) is 0 Å². The summed E-state index contributed by atoms with van der Waals surface area (Å²) in [4.78, 5) is 16.0. The van der Waals surface area contributed by atoms with Crippen LogP contribution in [0, 0.1) is 5.41 Å². The van der Waals surface area contributed by atoms with E-state index in [0.717, 1.165) is 54.2 Å². The Hall–Kier alpha value is -2.75. The van der Waals surface area contributed by atoms with Crippen LogP contribution in [0.1, 0.15) is 30.0 Å². The fraction of sp³-hybridized carbons (Fsp3) is 0.318. The van der Waals surface area contributed by atoms with Crippen LogP contribution in [0.4, 0.5) is 17.5 Å². The van der Waals surface area contributed by atoms with E-state index in [2.05, 4.69) is 19.9 Å². The van der Waals surface area contributed by atoms with Gasteiger partial charge in [0.05, 0.1) is 11.2 Å². The predicted octanol–water partition coefficient (Wildman–Crippen LogP) is 3.39. The maximum atomic E-state index is 10.3. The van der Waals surface area contributed by atoms with Gasteiger partial charge in [-0.15, -0.1) is 0 Å². The molecule has 3 heterocycles. The van der Waals surface area contributed by atoms with Crippen LogP contribution in [0.15, 0.2) is 46.6 Å². The highest BCUT2D eigenvalue weighted by Crippen LogP contribution is 2.53. The molecule has 1 fully saturated rings. The molecule has 3 aromatic rings.